The van der Waals surface area contributed by atoms with Crippen molar-refractivity contribution in [2.45, 2.75) is 391 Å². The van der Waals surface area contributed by atoms with Crippen LogP contribution < -0.4 is 5.32 Å². The van der Waals surface area contributed by atoms with Gasteiger partial charge in [0.25, 0.3) is 0 Å². The first-order valence-electron chi connectivity index (χ1n) is 33.4. The summed E-state index contributed by atoms with van der Waals surface area (Å²) in [7, 11) is 0. The van der Waals surface area contributed by atoms with Gasteiger partial charge in [-0.15, -0.1) is 0 Å². The maximum absolute atomic E-state index is 13.1. The Morgan fingerprint density at radius 2 is 0.733 bits per heavy atom. The van der Waals surface area contributed by atoms with Crippen LogP contribution in [-0.4, -0.2) is 87.5 Å². The number of unbranched alkanes of at least 4 members (excludes halogenated alkanes) is 49. The molecule has 1 amide bonds. The molecule has 75 heavy (non-hydrogen) atoms. The first-order valence-corrected chi connectivity index (χ1v) is 33.4. The van der Waals surface area contributed by atoms with Crippen LogP contribution in [0, 0.1) is 0 Å². The minimum atomic E-state index is -1.56. The minimum Gasteiger partial charge on any atom is -0.394 e. The number of carbonyl (C=O) groups excluding carboxylic acids is 1. The number of aliphatic hydroxyl groups excluding tert-OH is 5. The van der Waals surface area contributed by atoms with E-state index in [0.717, 1.165) is 38.5 Å². The third-order valence-corrected chi connectivity index (χ3v) is 16.4. The lowest BCUT2D eigenvalue weighted by Gasteiger charge is -2.40. The van der Waals surface area contributed by atoms with Gasteiger partial charge in [0.05, 0.1) is 25.4 Å². The van der Waals surface area contributed by atoms with Crippen LogP contribution in [0.15, 0.2) is 12.2 Å². The van der Waals surface area contributed by atoms with Gasteiger partial charge in [0.15, 0.2) is 6.29 Å². The Kier molecular flexibility index (Phi) is 53.9. The van der Waals surface area contributed by atoms with Crippen LogP contribution in [0.4, 0.5) is 0 Å². The van der Waals surface area contributed by atoms with E-state index in [-0.39, 0.29) is 12.5 Å². The highest BCUT2D eigenvalue weighted by molar-refractivity contribution is 5.76. The van der Waals surface area contributed by atoms with Crippen molar-refractivity contribution in [2.24, 2.45) is 0 Å². The van der Waals surface area contributed by atoms with Gasteiger partial charge in [-0.25, -0.2) is 0 Å². The van der Waals surface area contributed by atoms with E-state index in [1.54, 1.807) is 6.08 Å². The highest BCUT2D eigenvalue weighted by atomic mass is 16.7. The number of aliphatic hydroxyl groups is 5. The van der Waals surface area contributed by atoms with Crippen molar-refractivity contribution in [3.63, 3.8) is 0 Å². The molecule has 0 spiro atoms. The number of carbonyl (C=O) groups is 1. The molecule has 0 aromatic rings. The molecule has 0 aromatic heterocycles. The van der Waals surface area contributed by atoms with Crippen molar-refractivity contribution in [1.29, 1.82) is 0 Å². The Hall–Kier alpha value is -1.07. The largest absolute Gasteiger partial charge is 0.394 e. The summed E-state index contributed by atoms with van der Waals surface area (Å²) in [6.45, 7) is 3.83. The van der Waals surface area contributed by atoms with E-state index in [2.05, 4.69) is 19.2 Å². The fourth-order valence-electron chi connectivity index (χ4n) is 11.1. The zero-order chi connectivity index (χ0) is 54.3. The van der Waals surface area contributed by atoms with E-state index in [4.69, 9.17) is 9.47 Å². The lowest BCUT2D eigenvalue weighted by molar-refractivity contribution is -0.302. The molecule has 0 bridgehead atoms. The second-order valence-corrected chi connectivity index (χ2v) is 23.6. The maximum atomic E-state index is 13.1. The molecule has 1 heterocycles. The molecule has 1 aliphatic heterocycles. The maximum Gasteiger partial charge on any atom is 0.220 e. The van der Waals surface area contributed by atoms with Crippen molar-refractivity contribution >= 4 is 5.91 Å². The van der Waals surface area contributed by atoms with Gasteiger partial charge < -0.3 is 40.3 Å². The van der Waals surface area contributed by atoms with Crippen LogP contribution in [0.2, 0.25) is 0 Å². The molecule has 0 aromatic carbocycles. The van der Waals surface area contributed by atoms with E-state index >= 15 is 0 Å². The van der Waals surface area contributed by atoms with Crippen molar-refractivity contribution in [3.8, 4) is 0 Å². The Morgan fingerprint density at radius 3 is 1.04 bits per heavy atom. The molecule has 6 N–H and O–H groups in total. The molecule has 446 valence electrons. The number of hydrogen-bond acceptors (Lipinski definition) is 8. The summed E-state index contributed by atoms with van der Waals surface area (Å²) in [4.78, 5) is 13.1. The van der Waals surface area contributed by atoms with Crippen LogP contribution in [0.1, 0.15) is 348 Å². The second-order valence-electron chi connectivity index (χ2n) is 23.6. The average molecular weight is 1060 g/mol. The molecule has 7 atom stereocenters. The standard InChI is InChI=1S/C66H129NO8/c1-3-5-7-9-11-13-15-17-19-21-23-24-25-26-27-28-29-30-31-32-33-34-35-36-37-38-40-42-44-46-48-50-52-54-56-62(70)67-59(58-74-66-65(73)64(72)63(71)61(57-68)75-66)60(69)55-53-51-49-47-45-43-41-39-22-20-18-16-14-12-10-8-6-4-2/h53,55,59-61,63-66,68-69,71-73H,3-52,54,56-58H2,1-2H3,(H,67,70)/b55-53+. The lowest BCUT2D eigenvalue weighted by atomic mass is 9.99. The molecule has 9 nitrogen and oxygen atoms in total. The monoisotopic (exact) mass is 1060 g/mol. The summed E-state index contributed by atoms with van der Waals surface area (Å²) in [5.74, 6) is -0.168. The van der Waals surface area contributed by atoms with Gasteiger partial charge in [0.1, 0.15) is 24.4 Å². The van der Waals surface area contributed by atoms with Crippen molar-refractivity contribution in [1.82, 2.24) is 5.32 Å². The average Bonchev–Trinajstić information content (AvgIpc) is 3.41. The molecule has 1 rings (SSSR count). The molecule has 9 heteroatoms. The van der Waals surface area contributed by atoms with Gasteiger partial charge in [-0.1, -0.05) is 334 Å². The molecule has 0 aliphatic carbocycles. The molecular formula is C66H129NO8. The zero-order valence-corrected chi connectivity index (χ0v) is 49.8. The van der Waals surface area contributed by atoms with Gasteiger partial charge in [0.2, 0.25) is 5.91 Å². The number of rotatable bonds is 59. The zero-order valence-electron chi connectivity index (χ0n) is 49.8. The van der Waals surface area contributed by atoms with Gasteiger partial charge in [-0.3, -0.25) is 4.79 Å². The second kappa shape index (κ2) is 56.2. The quantitative estimate of drug-likeness (QED) is 0.0261. The molecule has 1 saturated heterocycles. The van der Waals surface area contributed by atoms with Crippen LogP contribution in [-0.2, 0) is 14.3 Å². The Morgan fingerprint density at radius 1 is 0.440 bits per heavy atom. The number of nitrogens with one attached hydrogen (secondary N) is 1. The summed E-state index contributed by atoms with van der Waals surface area (Å²) >= 11 is 0. The molecule has 0 radical (unpaired) electrons. The summed E-state index contributed by atoms with van der Waals surface area (Å²) in [6, 6.07) is -0.801. The summed E-state index contributed by atoms with van der Waals surface area (Å²) in [6.07, 6.45) is 64.6. The fourth-order valence-corrected chi connectivity index (χ4v) is 11.1. The Balaban J connectivity index is 2.08. The summed E-state index contributed by atoms with van der Waals surface area (Å²) in [5.41, 5.74) is 0. The number of ether oxygens (including phenoxy) is 2. The highest BCUT2D eigenvalue weighted by Gasteiger charge is 2.44. The molecule has 1 fully saturated rings. The fraction of sp³-hybridized carbons (Fsp3) is 0.955. The molecular weight excluding hydrogens is 935 g/mol. The minimum absolute atomic E-state index is 0.168. The third kappa shape index (κ3) is 45.4. The lowest BCUT2D eigenvalue weighted by Crippen LogP contribution is -2.60. The topological polar surface area (TPSA) is 149 Å². The normalized spacial score (nSPS) is 18.8. The first-order chi connectivity index (χ1) is 36.8. The van der Waals surface area contributed by atoms with Crippen molar-refractivity contribution < 1.29 is 39.8 Å². The van der Waals surface area contributed by atoms with E-state index < -0.39 is 49.5 Å². The van der Waals surface area contributed by atoms with Gasteiger partial charge in [-0.2, -0.15) is 0 Å². The first kappa shape index (κ1) is 71.9. The summed E-state index contributed by atoms with van der Waals surface area (Å²) < 4.78 is 11.3. The van der Waals surface area contributed by atoms with Crippen LogP contribution in [0.5, 0.6) is 0 Å². The van der Waals surface area contributed by atoms with Crippen LogP contribution >= 0.6 is 0 Å². The Bertz CT molecular complexity index is 1190. The smallest absolute Gasteiger partial charge is 0.220 e. The summed E-state index contributed by atoms with van der Waals surface area (Å²) in [5, 5.41) is 54.6. The molecule has 1 aliphatic rings. The van der Waals surface area contributed by atoms with Crippen molar-refractivity contribution in [2.75, 3.05) is 13.2 Å². The number of amides is 1. The van der Waals surface area contributed by atoms with E-state index in [9.17, 15) is 30.3 Å². The van der Waals surface area contributed by atoms with Crippen LogP contribution in [0.25, 0.3) is 0 Å². The molecule has 7 unspecified atom stereocenters. The molecule has 0 saturated carbocycles. The van der Waals surface area contributed by atoms with E-state index in [1.807, 2.05) is 6.08 Å². The SMILES string of the molecule is CCCCCCCCCCCCCCCCCC/C=C/C(O)C(COC1OC(CO)C(O)C(O)C1O)NC(=O)CCCCCCCCCCCCCCCCCCCCCCCCCCCCCCCCCCCC. The van der Waals surface area contributed by atoms with E-state index in [1.165, 1.54) is 289 Å². The van der Waals surface area contributed by atoms with Crippen molar-refractivity contribution in [3.05, 3.63) is 12.2 Å². The number of hydrogen-bond donors (Lipinski definition) is 6. The predicted octanol–water partition coefficient (Wildman–Crippen LogP) is 17.5. The van der Waals surface area contributed by atoms with Gasteiger partial charge in [0, 0.05) is 6.42 Å². The van der Waals surface area contributed by atoms with E-state index in [0.29, 0.717) is 6.42 Å². The third-order valence-electron chi connectivity index (χ3n) is 16.4. The van der Waals surface area contributed by atoms with Gasteiger partial charge >= 0.3 is 0 Å². The van der Waals surface area contributed by atoms with Gasteiger partial charge in [-0.05, 0) is 19.3 Å². The number of allylic oxidation sites excluding steroid dienone is 1. The van der Waals surface area contributed by atoms with Crippen LogP contribution in [0.3, 0.4) is 0 Å². The highest BCUT2D eigenvalue weighted by Crippen LogP contribution is 2.23. The Labute approximate surface area is 465 Å². The predicted molar refractivity (Wildman–Crippen MR) is 318 cm³/mol.